The maximum atomic E-state index is 3.88. The first-order valence-electron chi connectivity index (χ1n) is 4.06. The molecule has 0 aliphatic heterocycles. The quantitative estimate of drug-likeness (QED) is 0.472. The summed E-state index contributed by atoms with van der Waals surface area (Å²) in [6, 6.07) is 0.546. The fraction of sp³-hybridized carbons (Fsp3) is 0.667. The smallest absolute Gasteiger partial charge is 0.0307 e. The number of nitrogens with zero attached hydrogens (tertiary/aromatic N) is 1. The third-order valence-corrected chi connectivity index (χ3v) is 1.47. The average molecular weight is 154 g/mol. The molecule has 0 aromatic heterocycles. The van der Waals surface area contributed by atoms with Gasteiger partial charge in [0, 0.05) is 25.8 Å². The Morgan fingerprint density at radius 3 is 2.82 bits per heavy atom. The number of nitrogens with one attached hydrogen (secondary N) is 1. The minimum absolute atomic E-state index is 0.546. The highest BCUT2D eigenvalue weighted by Crippen LogP contribution is 1.90. The lowest BCUT2D eigenvalue weighted by Crippen LogP contribution is -2.26. The maximum Gasteiger partial charge on any atom is 0.0307 e. The van der Waals surface area contributed by atoms with Crippen molar-refractivity contribution in [3.05, 3.63) is 12.2 Å². The van der Waals surface area contributed by atoms with Crippen LogP contribution in [-0.4, -0.2) is 25.8 Å². The van der Waals surface area contributed by atoms with Crippen LogP contribution >= 0.6 is 0 Å². The monoisotopic (exact) mass is 154 g/mol. The van der Waals surface area contributed by atoms with Crippen molar-refractivity contribution < 1.29 is 0 Å². The van der Waals surface area contributed by atoms with E-state index in [0.29, 0.717) is 6.04 Å². The fourth-order valence-electron chi connectivity index (χ4n) is 0.769. The molecule has 0 aliphatic carbocycles. The van der Waals surface area contributed by atoms with Crippen molar-refractivity contribution in [1.82, 2.24) is 5.32 Å². The van der Waals surface area contributed by atoms with E-state index < -0.39 is 0 Å². The van der Waals surface area contributed by atoms with E-state index in [1.807, 2.05) is 13.1 Å². The molecule has 0 saturated heterocycles. The molecule has 2 nitrogen and oxygen atoms in total. The molecular weight excluding hydrogens is 136 g/mol. The molecule has 1 atom stereocenters. The van der Waals surface area contributed by atoms with E-state index in [1.54, 1.807) is 7.05 Å². The molecule has 64 valence electrons. The molecular formula is C9H18N2. The minimum Gasteiger partial charge on any atom is -0.309 e. The van der Waals surface area contributed by atoms with Crippen LogP contribution in [0.2, 0.25) is 0 Å². The summed E-state index contributed by atoms with van der Waals surface area (Å²) >= 11 is 0. The Morgan fingerprint density at radius 1 is 1.55 bits per heavy atom. The first kappa shape index (κ1) is 10.4. The molecule has 0 rings (SSSR count). The molecule has 1 N–H and O–H groups in total. The largest absolute Gasteiger partial charge is 0.309 e. The highest BCUT2D eigenvalue weighted by Gasteiger charge is 1.94. The molecule has 1 unspecified atom stereocenters. The molecule has 0 fully saturated rings. The summed E-state index contributed by atoms with van der Waals surface area (Å²) in [5.74, 6) is 0. The van der Waals surface area contributed by atoms with E-state index in [1.165, 1.54) is 0 Å². The van der Waals surface area contributed by atoms with Gasteiger partial charge in [-0.25, -0.2) is 0 Å². The summed E-state index contributed by atoms with van der Waals surface area (Å²) < 4.78 is 0. The van der Waals surface area contributed by atoms with Gasteiger partial charge in [0.1, 0.15) is 0 Å². The summed E-state index contributed by atoms with van der Waals surface area (Å²) in [5, 5.41) is 3.32. The van der Waals surface area contributed by atoms with Crippen molar-refractivity contribution in [2.24, 2.45) is 4.99 Å². The zero-order valence-electron chi connectivity index (χ0n) is 7.67. The fourth-order valence-corrected chi connectivity index (χ4v) is 0.769. The molecule has 0 aliphatic rings. The molecule has 0 spiro atoms. The van der Waals surface area contributed by atoms with Crippen LogP contribution in [0.5, 0.6) is 0 Å². The zero-order chi connectivity index (χ0) is 8.53. The van der Waals surface area contributed by atoms with Crippen molar-refractivity contribution in [3.8, 4) is 0 Å². The standard InChI is InChI=1S/C9H18N2/c1-4-5-6-9(2)11-8-7-10-3/h4-5,7,9,11H,6,8H2,1-3H3. The summed E-state index contributed by atoms with van der Waals surface area (Å²) in [4.78, 5) is 3.88. The molecule has 0 heterocycles. The second kappa shape index (κ2) is 7.48. The SMILES string of the molecule is CC=CCC(C)NCC=NC. The van der Waals surface area contributed by atoms with Crippen LogP contribution in [0.3, 0.4) is 0 Å². The molecule has 0 aromatic carbocycles. The average Bonchev–Trinajstić information content (AvgIpc) is 2.01. The van der Waals surface area contributed by atoms with Crippen LogP contribution in [0.15, 0.2) is 17.1 Å². The molecule has 0 amide bonds. The van der Waals surface area contributed by atoms with Crippen molar-refractivity contribution >= 4 is 6.21 Å². The first-order valence-corrected chi connectivity index (χ1v) is 4.06. The van der Waals surface area contributed by atoms with E-state index in [2.05, 4.69) is 29.4 Å². The van der Waals surface area contributed by atoms with E-state index in [4.69, 9.17) is 0 Å². The Bertz CT molecular complexity index is 128. The van der Waals surface area contributed by atoms with E-state index >= 15 is 0 Å². The molecule has 0 radical (unpaired) electrons. The molecule has 0 saturated carbocycles. The van der Waals surface area contributed by atoms with Gasteiger partial charge < -0.3 is 5.32 Å². The normalized spacial score (nSPS) is 14.8. The lowest BCUT2D eigenvalue weighted by molar-refractivity contribution is 0.601. The van der Waals surface area contributed by atoms with Crippen LogP contribution in [-0.2, 0) is 0 Å². The van der Waals surface area contributed by atoms with Crippen LogP contribution < -0.4 is 5.32 Å². The van der Waals surface area contributed by atoms with Crippen LogP contribution in [0, 0.1) is 0 Å². The van der Waals surface area contributed by atoms with Crippen LogP contribution in [0.1, 0.15) is 20.3 Å². The third-order valence-electron chi connectivity index (χ3n) is 1.47. The van der Waals surface area contributed by atoms with E-state index in [0.717, 1.165) is 13.0 Å². The Kier molecular flexibility index (Phi) is 7.05. The topological polar surface area (TPSA) is 24.4 Å². The Hall–Kier alpha value is -0.630. The Balaban J connectivity index is 3.29. The first-order chi connectivity index (χ1) is 5.31. The van der Waals surface area contributed by atoms with Gasteiger partial charge in [0.2, 0.25) is 0 Å². The molecule has 0 aromatic rings. The van der Waals surface area contributed by atoms with Gasteiger partial charge in [-0.05, 0) is 20.3 Å². The lowest BCUT2D eigenvalue weighted by Gasteiger charge is -2.08. The van der Waals surface area contributed by atoms with Gasteiger partial charge in [-0.1, -0.05) is 12.2 Å². The van der Waals surface area contributed by atoms with Gasteiger partial charge in [-0.3, -0.25) is 4.99 Å². The van der Waals surface area contributed by atoms with Crippen molar-refractivity contribution in [1.29, 1.82) is 0 Å². The van der Waals surface area contributed by atoms with Gasteiger partial charge in [0.25, 0.3) is 0 Å². The van der Waals surface area contributed by atoms with Crippen LogP contribution in [0.4, 0.5) is 0 Å². The van der Waals surface area contributed by atoms with Crippen molar-refractivity contribution in [2.45, 2.75) is 26.3 Å². The zero-order valence-corrected chi connectivity index (χ0v) is 7.67. The van der Waals surface area contributed by atoms with Gasteiger partial charge >= 0.3 is 0 Å². The molecule has 0 bridgehead atoms. The maximum absolute atomic E-state index is 3.88. The van der Waals surface area contributed by atoms with Gasteiger partial charge in [-0.15, -0.1) is 0 Å². The summed E-state index contributed by atoms with van der Waals surface area (Å²) in [6.07, 6.45) is 7.22. The number of aliphatic imine (C=N–C) groups is 1. The number of rotatable bonds is 5. The van der Waals surface area contributed by atoms with Crippen LogP contribution in [0.25, 0.3) is 0 Å². The van der Waals surface area contributed by atoms with Crippen molar-refractivity contribution in [3.63, 3.8) is 0 Å². The minimum atomic E-state index is 0.546. The summed E-state index contributed by atoms with van der Waals surface area (Å²) in [7, 11) is 1.79. The van der Waals surface area contributed by atoms with Crippen molar-refractivity contribution in [2.75, 3.05) is 13.6 Å². The summed E-state index contributed by atoms with van der Waals surface area (Å²) in [6.45, 7) is 5.08. The van der Waals surface area contributed by atoms with Gasteiger partial charge in [0.05, 0.1) is 0 Å². The number of hydrogen-bond acceptors (Lipinski definition) is 2. The van der Waals surface area contributed by atoms with E-state index in [9.17, 15) is 0 Å². The Morgan fingerprint density at radius 2 is 2.27 bits per heavy atom. The van der Waals surface area contributed by atoms with Gasteiger partial charge in [0.15, 0.2) is 0 Å². The summed E-state index contributed by atoms with van der Waals surface area (Å²) in [5.41, 5.74) is 0. The second-order valence-corrected chi connectivity index (χ2v) is 2.55. The second-order valence-electron chi connectivity index (χ2n) is 2.55. The molecule has 11 heavy (non-hydrogen) atoms. The highest BCUT2D eigenvalue weighted by atomic mass is 14.9. The van der Waals surface area contributed by atoms with E-state index in [-0.39, 0.29) is 0 Å². The Labute approximate surface area is 69.4 Å². The number of hydrogen-bond donors (Lipinski definition) is 1. The lowest BCUT2D eigenvalue weighted by atomic mass is 10.2. The third kappa shape index (κ3) is 7.26. The predicted molar refractivity (Wildman–Crippen MR) is 51.3 cm³/mol. The van der Waals surface area contributed by atoms with Gasteiger partial charge in [-0.2, -0.15) is 0 Å². The predicted octanol–water partition coefficient (Wildman–Crippen LogP) is 1.63. The highest BCUT2D eigenvalue weighted by molar-refractivity contribution is 5.59. The number of allylic oxidation sites excluding steroid dienone is 1. The molecule has 2 heteroatoms.